The van der Waals surface area contributed by atoms with Crippen LogP contribution >= 0.6 is 11.8 Å². The Kier molecular flexibility index (Phi) is 4.14. The number of hydrogen-bond donors (Lipinski definition) is 1. The SMILES string of the molecule is CC1(C(=O)N2CCCSCC2)CCNCC1. The van der Waals surface area contributed by atoms with Gasteiger partial charge in [0, 0.05) is 24.3 Å². The van der Waals surface area contributed by atoms with Crippen LogP contribution in [0.4, 0.5) is 0 Å². The Morgan fingerprint density at radius 2 is 2.00 bits per heavy atom. The van der Waals surface area contributed by atoms with Crippen molar-refractivity contribution in [2.45, 2.75) is 26.2 Å². The second kappa shape index (κ2) is 5.41. The van der Waals surface area contributed by atoms with Crippen molar-refractivity contribution in [3.63, 3.8) is 0 Å². The van der Waals surface area contributed by atoms with Crippen molar-refractivity contribution in [1.82, 2.24) is 10.2 Å². The second-order valence-electron chi connectivity index (χ2n) is 5.07. The van der Waals surface area contributed by atoms with E-state index in [1.807, 2.05) is 11.8 Å². The van der Waals surface area contributed by atoms with Crippen molar-refractivity contribution in [1.29, 1.82) is 0 Å². The highest BCUT2D eigenvalue weighted by Crippen LogP contribution is 2.31. The quantitative estimate of drug-likeness (QED) is 0.753. The van der Waals surface area contributed by atoms with Crippen LogP contribution in [-0.4, -0.2) is 48.5 Å². The van der Waals surface area contributed by atoms with Crippen LogP contribution in [0.5, 0.6) is 0 Å². The number of carbonyl (C=O) groups is 1. The van der Waals surface area contributed by atoms with Gasteiger partial charge in [0.1, 0.15) is 0 Å². The summed E-state index contributed by atoms with van der Waals surface area (Å²) in [6, 6.07) is 0. The zero-order valence-electron chi connectivity index (χ0n) is 10.1. The molecule has 0 spiro atoms. The van der Waals surface area contributed by atoms with Gasteiger partial charge in [-0.15, -0.1) is 0 Å². The highest BCUT2D eigenvalue weighted by Gasteiger charge is 2.37. The molecule has 2 rings (SSSR count). The minimum absolute atomic E-state index is 0.0970. The standard InChI is InChI=1S/C12H22N2OS/c1-12(3-5-13-6-4-12)11(15)14-7-2-9-16-10-8-14/h13H,2-10H2,1H3. The van der Waals surface area contributed by atoms with E-state index < -0.39 is 0 Å². The molecule has 0 aromatic carbocycles. The van der Waals surface area contributed by atoms with E-state index in [1.54, 1.807) is 0 Å². The fourth-order valence-electron chi connectivity index (χ4n) is 2.52. The normalized spacial score (nSPS) is 26.2. The van der Waals surface area contributed by atoms with Crippen molar-refractivity contribution in [3.05, 3.63) is 0 Å². The Balaban J connectivity index is 1.98. The van der Waals surface area contributed by atoms with Crippen LogP contribution in [0.1, 0.15) is 26.2 Å². The minimum atomic E-state index is -0.0970. The van der Waals surface area contributed by atoms with Gasteiger partial charge in [0.25, 0.3) is 0 Å². The maximum Gasteiger partial charge on any atom is 0.228 e. The Bertz CT molecular complexity index is 243. The summed E-state index contributed by atoms with van der Waals surface area (Å²) in [6.07, 6.45) is 3.15. The van der Waals surface area contributed by atoms with Gasteiger partial charge in [0.05, 0.1) is 0 Å². The van der Waals surface area contributed by atoms with E-state index in [0.717, 1.165) is 51.2 Å². The van der Waals surface area contributed by atoms with Gasteiger partial charge in [-0.2, -0.15) is 11.8 Å². The third kappa shape index (κ3) is 2.72. The van der Waals surface area contributed by atoms with Gasteiger partial charge in [0.15, 0.2) is 0 Å². The van der Waals surface area contributed by atoms with Crippen molar-refractivity contribution in [2.75, 3.05) is 37.7 Å². The summed E-state index contributed by atoms with van der Waals surface area (Å²) in [5, 5.41) is 3.34. The fraction of sp³-hybridized carbons (Fsp3) is 0.917. The van der Waals surface area contributed by atoms with Gasteiger partial charge in [-0.05, 0) is 38.1 Å². The lowest BCUT2D eigenvalue weighted by molar-refractivity contribution is -0.142. The molecular weight excluding hydrogens is 220 g/mol. The fourth-order valence-corrected chi connectivity index (χ4v) is 3.41. The number of thioether (sulfide) groups is 1. The summed E-state index contributed by atoms with van der Waals surface area (Å²) in [4.78, 5) is 14.6. The summed E-state index contributed by atoms with van der Waals surface area (Å²) in [7, 11) is 0. The maximum absolute atomic E-state index is 12.5. The van der Waals surface area contributed by atoms with Gasteiger partial charge in [0.2, 0.25) is 5.91 Å². The lowest BCUT2D eigenvalue weighted by Crippen LogP contribution is -2.48. The van der Waals surface area contributed by atoms with Crippen molar-refractivity contribution in [2.24, 2.45) is 5.41 Å². The molecule has 2 aliphatic rings. The van der Waals surface area contributed by atoms with Crippen LogP contribution in [0.3, 0.4) is 0 Å². The van der Waals surface area contributed by atoms with Gasteiger partial charge < -0.3 is 10.2 Å². The molecule has 2 aliphatic heterocycles. The van der Waals surface area contributed by atoms with Crippen molar-refractivity contribution < 1.29 is 4.79 Å². The molecule has 1 N–H and O–H groups in total. The number of piperidine rings is 1. The predicted octanol–water partition coefficient (Wildman–Crippen LogP) is 1.34. The zero-order valence-corrected chi connectivity index (χ0v) is 10.9. The third-order valence-corrected chi connectivity index (χ3v) is 4.78. The van der Waals surface area contributed by atoms with E-state index in [1.165, 1.54) is 5.75 Å². The molecule has 2 heterocycles. The molecule has 2 saturated heterocycles. The highest BCUT2D eigenvalue weighted by atomic mass is 32.2. The smallest absolute Gasteiger partial charge is 0.228 e. The molecule has 0 unspecified atom stereocenters. The Hall–Kier alpha value is -0.220. The van der Waals surface area contributed by atoms with Crippen molar-refractivity contribution in [3.8, 4) is 0 Å². The first-order valence-electron chi connectivity index (χ1n) is 6.30. The van der Waals surface area contributed by atoms with Crippen LogP contribution in [0.25, 0.3) is 0 Å². The lowest BCUT2D eigenvalue weighted by atomic mass is 9.79. The molecule has 4 heteroatoms. The highest BCUT2D eigenvalue weighted by molar-refractivity contribution is 7.99. The molecule has 0 bridgehead atoms. The van der Waals surface area contributed by atoms with E-state index in [4.69, 9.17) is 0 Å². The summed E-state index contributed by atoms with van der Waals surface area (Å²) < 4.78 is 0. The first-order valence-corrected chi connectivity index (χ1v) is 7.46. The number of carbonyl (C=O) groups excluding carboxylic acids is 1. The van der Waals surface area contributed by atoms with Gasteiger partial charge >= 0.3 is 0 Å². The van der Waals surface area contributed by atoms with E-state index in [-0.39, 0.29) is 5.41 Å². The largest absolute Gasteiger partial charge is 0.341 e. The Labute approximate surface area is 102 Å². The van der Waals surface area contributed by atoms with Crippen LogP contribution in [0.15, 0.2) is 0 Å². The molecule has 1 amide bonds. The third-order valence-electron chi connectivity index (χ3n) is 3.73. The first kappa shape index (κ1) is 12.2. The molecule has 0 radical (unpaired) electrons. The van der Waals surface area contributed by atoms with Crippen molar-refractivity contribution >= 4 is 17.7 Å². The summed E-state index contributed by atoms with van der Waals surface area (Å²) >= 11 is 1.98. The number of rotatable bonds is 1. The Morgan fingerprint density at radius 1 is 1.25 bits per heavy atom. The van der Waals surface area contributed by atoms with E-state index in [9.17, 15) is 4.79 Å². The maximum atomic E-state index is 12.5. The molecule has 0 saturated carbocycles. The average molecular weight is 242 g/mol. The zero-order chi connectivity index (χ0) is 11.4. The lowest BCUT2D eigenvalue weighted by Gasteiger charge is -2.37. The van der Waals surface area contributed by atoms with Gasteiger partial charge in [-0.1, -0.05) is 6.92 Å². The average Bonchev–Trinajstić information content (AvgIpc) is 2.57. The van der Waals surface area contributed by atoms with Crippen LogP contribution in [0, 0.1) is 5.41 Å². The molecule has 2 fully saturated rings. The van der Waals surface area contributed by atoms with E-state index in [2.05, 4.69) is 17.1 Å². The van der Waals surface area contributed by atoms with Crippen LogP contribution in [0.2, 0.25) is 0 Å². The number of nitrogens with one attached hydrogen (secondary N) is 1. The molecule has 92 valence electrons. The Morgan fingerprint density at radius 3 is 2.75 bits per heavy atom. The van der Waals surface area contributed by atoms with Gasteiger partial charge in [-0.25, -0.2) is 0 Å². The summed E-state index contributed by atoms with van der Waals surface area (Å²) in [6.45, 7) is 6.05. The first-order chi connectivity index (χ1) is 7.72. The molecule has 3 nitrogen and oxygen atoms in total. The predicted molar refractivity (Wildman–Crippen MR) is 68.7 cm³/mol. The van der Waals surface area contributed by atoms with E-state index >= 15 is 0 Å². The number of nitrogens with zero attached hydrogens (tertiary/aromatic N) is 1. The molecule has 0 aliphatic carbocycles. The molecule has 0 aromatic heterocycles. The van der Waals surface area contributed by atoms with Crippen LogP contribution in [-0.2, 0) is 4.79 Å². The molecule has 0 atom stereocenters. The van der Waals surface area contributed by atoms with E-state index in [0.29, 0.717) is 5.91 Å². The summed E-state index contributed by atoms with van der Waals surface area (Å²) in [5.41, 5.74) is -0.0970. The number of amides is 1. The minimum Gasteiger partial charge on any atom is -0.341 e. The summed E-state index contributed by atoms with van der Waals surface area (Å²) in [5.74, 6) is 2.72. The molecule has 16 heavy (non-hydrogen) atoms. The molecule has 0 aromatic rings. The van der Waals surface area contributed by atoms with Gasteiger partial charge in [-0.3, -0.25) is 4.79 Å². The topological polar surface area (TPSA) is 32.3 Å². The second-order valence-corrected chi connectivity index (χ2v) is 6.29. The number of hydrogen-bond acceptors (Lipinski definition) is 3. The van der Waals surface area contributed by atoms with Crippen LogP contribution < -0.4 is 5.32 Å². The monoisotopic (exact) mass is 242 g/mol. The molecular formula is C12H22N2OS.